The molecule has 2 N–H and O–H groups in total. The van der Waals surface area contributed by atoms with Crippen LogP contribution in [0.25, 0.3) is 0 Å². The summed E-state index contributed by atoms with van der Waals surface area (Å²) in [5.74, 6) is 0.132. The summed E-state index contributed by atoms with van der Waals surface area (Å²) in [4.78, 5) is 0.235. The maximum atomic E-state index is 11.6. The highest BCUT2D eigenvalue weighted by molar-refractivity contribution is 7.91. The van der Waals surface area contributed by atoms with Gasteiger partial charge in [-0.1, -0.05) is 18.5 Å². The fourth-order valence-electron chi connectivity index (χ4n) is 1.09. The SMILES string of the molecule is CCCS(=O)(=O)c1ccc(N)c(Cl)c1. The second-order valence-corrected chi connectivity index (χ2v) is 5.52. The molecule has 1 aromatic carbocycles. The molecule has 0 saturated carbocycles. The Morgan fingerprint density at radius 3 is 2.57 bits per heavy atom. The number of nitrogens with two attached hydrogens (primary N) is 1. The molecule has 3 nitrogen and oxygen atoms in total. The zero-order chi connectivity index (χ0) is 10.8. The quantitative estimate of drug-likeness (QED) is 0.814. The molecule has 78 valence electrons. The van der Waals surface area contributed by atoms with Crippen molar-refractivity contribution >= 4 is 27.1 Å². The van der Waals surface area contributed by atoms with Gasteiger partial charge in [-0.05, 0) is 24.6 Å². The standard InChI is InChI=1S/C9H12ClNO2S/c1-2-5-14(12,13)7-3-4-9(11)8(10)6-7/h3-4,6H,2,5,11H2,1H3. The third kappa shape index (κ3) is 2.39. The lowest BCUT2D eigenvalue weighted by molar-refractivity contribution is 0.595. The maximum Gasteiger partial charge on any atom is 0.178 e. The fraction of sp³-hybridized carbons (Fsp3) is 0.333. The zero-order valence-corrected chi connectivity index (χ0v) is 9.40. The Hall–Kier alpha value is -0.740. The van der Waals surface area contributed by atoms with Gasteiger partial charge >= 0.3 is 0 Å². The van der Waals surface area contributed by atoms with E-state index in [4.69, 9.17) is 17.3 Å². The molecule has 0 aromatic heterocycles. The Kier molecular flexibility index (Phi) is 3.39. The summed E-state index contributed by atoms with van der Waals surface area (Å²) >= 11 is 5.73. The number of hydrogen-bond donors (Lipinski definition) is 1. The van der Waals surface area contributed by atoms with Gasteiger partial charge in [0, 0.05) is 0 Å². The van der Waals surface area contributed by atoms with Crippen LogP contribution in [0.5, 0.6) is 0 Å². The predicted octanol–water partition coefficient (Wildman–Crippen LogP) is 2.11. The van der Waals surface area contributed by atoms with Crippen LogP contribution in [0.4, 0.5) is 5.69 Å². The molecule has 0 amide bonds. The van der Waals surface area contributed by atoms with Crippen LogP contribution < -0.4 is 5.73 Å². The summed E-state index contributed by atoms with van der Waals surface area (Å²) in [5.41, 5.74) is 5.87. The van der Waals surface area contributed by atoms with Crippen molar-refractivity contribution in [2.24, 2.45) is 0 Å². The van der Waals surface area contributed by atoms with Crippen molar-refractivity contribution in [1.82, 2.24) is 0 Å². The fourth-order valence-corrected chi connectivity index (χ4v) is 2.68. The minimum atomic E-state index is -3.19. The van der Waals surface area contributed by atoms with E-state index in [0.29, 0.717) is 12.1 Å². The molecule has 5 heteroatoms. The molecule has 0 spiro atoms. The molecule has 0 fully saturated rings. The second kappa shape index (κ2) is 4.19. The molecular formula is C9H12ClNO2S. The van der Waals surface area contributed by atoms with E-state index in [0.717, 1.165) is 0 Å². The normalized spacial score (nSPS) is 11.6. The monoisotopic (exact) mass is 233 g/mol. The molecule has 0 atom stereocenters. The Bertz CT molecular complexity index is 428. The van der Waals surface area contributed by atoms with Crippen LogP contribution in [-0.4, -0.2) is 14.2 Å². The highest BCUT2D eigenvalue weighted by Crippen LogP contribution is 2.23. The number of benzene rings is 1. The van der Waals surface area contributed by atoms with Gasteiger partial charge in [0.2, 0.25) is 0 Å². The molecule has 14 heavy (non-hydrogen) atoms. The van der Waals surface area contributed by atoms with E-state index in [2.05, 4.69) is 0 Å². The van der Waals surface area contributed by atoms with Crippen LogP contribution in [0.15, 0.2) is 23.1 Å². The zero-order valence-electron chi connectivity index (χ0n) is 7.83. The average Bonchev–Trinajstić information content (AvgIpc) is 2.09. The minimum absolute atomic E-state index is 0.132. The van der Waals surface area contributed by atoms with Gasteiger partial charge in [-0.15, -0.1) is 0 Å². The van der Waals surface area contributed by atoms with E-state index in [9.17, 15) is 8.42 Å². The van der Waals surface area contributed by atoms with Crippen molar-refractivity contribution < 1.29 is 8.42 Å². The Morgan fingerprint density at radius 1 is 1.43 bits per heavy atom. The van der Waals surface area contributed by atoms with E-state index in [1.54, 1.807) is 0 Å². The van der Waals surface area contributed by atoms with Crippen LogP contribution in [0.2, 0.25) is 5.02 Å². The lowest BCUT2D eigenvalue weighted by Gasteiger charge is -2.04. The minimum Gasteiger partial charge on any atom is -0.398 e. The Labute approximate surface area is 88.8 Å². The van der Waals surface area contributed by atoms with Gasteiger partial charge in [0.1, 0.15) is 0 Å². The molecular weight excluding hydrogens is 222 g/mol. The van der Waals surface area contributed by atoms with Crippen LogP contribution in [-0.2, 0) is 9.84 Å². The topological polar surface area (TPSA) is 60.2 Å². The number of hydrogen-bond acceptors (Lipinski definition) is 3. The van der Waals surface area contributed by atoms with Crippen LogP contribution >= 0.6 is 11.6 Å². The summed E-state index contributed by atoms with van der Waals surface area (Å²) in [6.07, 6.45) is 0.588. The molecule has 0 radical (unpaired) electrons. The molecule has 0 bridgehead atoms. The number of sulfone groups is 1. The van der Waals surface area contributed by atoms with Crippen molar-refractivity contribution in [3.05, 3.63) is 23.2 Å². The van der Waals surface area contributed by atoms with Gasteiger partial charge in [-0.2, -0.15) is 0 Å². The van der Waals surface area contributed by atoms with Crippen LogP contribution in [0, 0.1) is 0 Å². The molecule has 0 saturated heterocycles. The summed E-state index contributed by atoms with van der Waals surface area (Å²) in [6, 6.07) is 4.37. The van der Waals surface area contributed by atoms with Gasteiger partial charge in [0.05, 0.1) is 21.4 Å². The average molecular weight is 234 g/mol. The number of halogens is 1. The maximum absolute atomic E-state index is 11.6. The lowest BCUT2D eigenvalue weighted by atomic mass is 10.3. The lowest BCUT2D eigenvalue weighted by Crippen LogP contribution is -2.06. The Morgan fingerprint density at radius 2 is 2.07 bits per heavy atom. The first kappa shape index (κ1) is 11.3. The summed E-state index contributed by atoms with van der Waals surface area (Å²) in [5, 5.41) is 0.280. The van der Waals surface area contributed by atoms with Gasteiger partial charge in [0.15, 0.2) is 9.84 Å². The molecule has 0 heterocycles. The van der Waals surface area contributed by atoms with E-state index >= 15 is 0 Å². The largest absolute Gasteiger partial charge is 0.398 e. The van der Waals surface area contributed by atoms with Crippen molar-refractivity contribution in [3.63, 3.8) is 0 Å². The number of nitrogen functional groups attached to an aromatic ring is 1. The molecule has 0 aliphatic carbocycles. The third-order valence-electron chi connectivity index (χ3n) is 1.80. The van der Waals surface area contributed by atoms with Gasteiger partial charge in [0.25, 0.3) is 0 Å². The van der Waals surface area contributed by atoms with Gasteiger partial charge in [-0.3, -0.25) is 0 Å². The highest BCUT2D eigenvalue weighted by Gasteiger charge is 2.13. The first-order valence-corrected chi connectivity index (χ1v) is 6.28. The van der Waals surface area contributed by atoms with Gasteiger partial charge in [-0.25, -0.2) is 8.42 Å². The number of rotatable bonds is 3. The Balaban J connectivity index is 3.15. The molecule has 0 aliphatic rings. The smallest absolute Gasteiger partial charge is 0.178 e. The van der Waals surface area contributed by atoms with Crippen molar-refractivity contribution in [1.29, 1.82) is 0 Å². The van der Waals surface area contributed by atoms with Gasteiger partial charge < -0.3 is 5.73 Å². The van der Waals surface area contributed by atoms with E-state index in [1.807, 2.05) is 6.92 Å². The summed E-state index contributed by atoms with van der Waals surface area (Å²) in [6.45, 7) is 1.82. The number of anilines is 1. The summed E-state index contributed by atoms with van der Waals surface area (Å²) < 4.78 is 23.2. The molecule has 0 unspecified atom stereocenters. The highest BCUT2D eigenvalue weighted by atomic mass is 35.5. The molecule has 1 rings (SSSR count). The second-order valence-electron chi connectivity index (χ2n) is 3.00. The molecule has 0 aliphatic heterocycles. The predicted molar refractivity (Wildman–Crippen MR) is 58.2 cm³/mol. The first-order valence-electron chi connectivity index (χ1n) is 4.25. The van der Waals surface area contributed by atoms with Crippen molar-refractivity contribution in [2.75, 3.05) is 11.5 Å². The molecule has 1 aromatic rings. The van der Waals surface area contributed by atoms with Crippen molar-refractivity contribution in [3.8, 4) is 0 Å². The van der Waals surface area contributed by atoms with Crippen molar-refractivity contribution in [2.45, 2.75) is 18.2 Å². The first-order chi connectivity index (χ1) is 6.47. The van der Waals surface area contributed by atoms with E-state index < -0.39 is 9.84 Å². The van der Waals surface area contributed by atoms with E-state index in [1.165, 1.54) is 18.2 Å². The van der Waals surface area contributed by atoms with Crippen LogP contribution in [0.1, 0.15) is 13.3 Å². The summed E-state index contributed by atoms with van der Waals surface area (Å²) in [7, 11) is -3.19. The van der Waals surface area contributed by atoms with E-state index in [-0.39, 0.29) is 15.7 Å². The van der Waals surface area contributed by atoms with Crippen LogP contribution in [0.3, 0.4) is 0 Å². The third-order valence-corrected chi connectivity index (χ3v) is 4.05.